The predicted molar refractivity (Wildman–Crippen MR) is 72.8 cm³/mol. The third kappa shape index (κ3) is 2.67. The molecule has 0 aliphatic rings. The minimum Gasteiger partial charge on any atom is -0.355 e. The highest BCUT2D eigenvalue weighted by Crippen LogP contribution is 2.22. The van der Waals surface area contributed by atoms with Gasteiger partial charge >= 0.3 is 0 Å². The first-order valence-electron chi connectivity index (χ1n) is 5.87. The Kier molecular flexibility index (Phi) is 4.15. The first kappa shape index (κ1) is 12.1. The zero-order chi connectivity index (χ0) is 12.1. The van der Waals surface area contributed by atoms with Crippen molar-refractivity contribution in [3.8, 4) is 0 Å². The van der Waals surface area contributed by atoms with Crippen LogP contribution in [0.5, 0.6) is 0 Å². The summed E-state index contributed by atoms with van der Waals surface area (Å²) >= 11 is 5.85. The van der Waals surface area contributed by atoms with Crippen LogP contribution in [0.4, 0.5) is 5.82 Å². The van der Waals surface area contributed by atoms with Gasteiger partial charge in [0.15, 0.2) is 0 Å². The van der Waals surface area contributed by atoms with Crippen LogP contribution in [0.3, 0.4) is 0 Å². The van der Waals surface area contributed by atoms with Gasteiger partial charge < -0.3 is 4.90 Å². The van der Waals surface area contributed by atoms with Gasteiger partial charge in [-0.2, -0.15) is 0 Å². The Labute approximate surface area is 106 Å². The molecule has 1 heterocycles. The molecule has 0 spiro atoms. The van der Waals surface area contributed by atoms with Gasteiger partial charge in [0, 0.05) is 24.4 Å². The van der Waals surface area contributed by atoms with Crippen molar-refractivity contribution in [2.45, 2.75) is 13.3 Å². The first-order chi connectivity index (χ1) is 8.36. The average molecular weight is 250 g/mol. The fourth-order valence-corrected chi connectivity index (χ4v) is 2.14. The normalized spacial score (nSPS) is 10.7. The van der Waals surface area contributed by atoms with Gasteiger partial charge in [-0.3, -0.25) is 0 Å². The molecule has 0 bridgehead atoms. The van der Waals surface area contributed by atoms with E-state index in [0.29, 0.717) is 5.88 Å². The summed E-state index contributed by atoms with van der Waals surface area (Å²) in [5, 5.41) is 1.09. The number of benzene rings is 1. The molecule has 2 aromatic rings. The van der Waals surface area contributed by atoms with Crippen molar-refractivity contribution in [1.29, 1.82) is 0 Å². The lowest BCUT2D eigenvalue weighted by Crippen LogP contribution is -2.27. The van der Waals surface area contributed by atoms with E-state index in [1.807, 2.05) is 18.2 Å². The highest BCUT2D eigenvalue weighted by Gasteiger charge is 2.10. The number of rotatable bonds is 5. The topological polar surface area (TPSA) is 29.0 Å². The van der Waals surface area contributed by atoms with E-state index in [9.17, 15) is 0 Å². The van der Waals surface area contributed by atoms with E-state index in [1.165, 1.54) is 0 Å². The summed E-state index contributed by atoms with van der Waals surface area (Å²) in [6.45, 7) is 3.94. The first-order valence-corrected chi connectivity index (χ1v) is 6.41. The Morgan fingerprint density at radius 1 is 1.18 bits per heavy atom. The molecule has 0 radical (unpaired) electrons. The highest BCUT2D eigenvalue weighted by atomic mass is 35.5. The van der Waals surface area contributed by atoms with Crippen molar-refractivity contribution in [3.05, 3.63) is 30.6 Å². The Morgan fingerprint density at radius 2 is 2.00 bits per heavy atom. The molecule has 90 valence electrons. The van der Waals surface area contributed by atoms with Crippen molar-refractivity contribution >= 4 is 28.3 Å². The van der Waals surface area contributed by atoms with Crippen molar-refractivity contribution in [3.63, 3.8) is 0 Å². The molecular weight excluding hydrogens is 234 g/mol. The molecule has 0 atom stereocenters. The van der Waals surface area contributed by atoms with Crippen LogP contribution in [-0.4, -0.2) is 28.9 Å². The number of hydrogen-bond acceptors (Lipinski definition) is 3. The minimum absolute atomic E-state index is 0.609. The molecule has 0 N–H and O–H groups in total. The second kappa shape index (κ2) is 5.82. The Morgan fingerprint density at radius 3 is 2.76 bits per heavy atom. The molecule has 17 heavy (non-hydrogen) atoms. The van der Waals surface area contributed by atoms with Gasteiger partial charge in [-0.25, -0.2) is 9.97 Å². The SMILES string of the molecule is CCCN(CCCl)c1ncnc2ccccc12. The number of para-hydroxylation sites is 1. The summed E-state index contributed by atoms with van der Waals surface area (Å²) in [5.74, 6) is 1.59. The van der Waals surface area contributed by atoms with E-state index in [-0.39, 0.29) is 0 Å². The molecule has 0 amide bonds. The van der Waals surface area contributed by atoms with Gasteiger partial charge in [0.25, 0.3) is 0 Å². The summed E-state index contributed by atoms with van der Waals surface area (Å²) in [6, 6.07) is 8.07. The van der Waals surface area contributed by atoms with Crippen LogP contribution in [-0.2, 0) is 0 Å². The van der Waals surface area contributed by atoms with Crippen molar-refractivity contribution in [2.24, 2.45) is 0 Å². The standard InChI is InChI=1S/C13H16ClN3/c1-2-8-17(9-7-14)13-11-5-3-4-6-12(11)15-10-16-13/h3-6,10H,2,7-9H2,1H3. The van der Waals surface area contributed by atoms with E-state index in [1.54, 1.807) is 6.33 Å². The molecular formula is C13H16ClN3. The lowest BCUT2D eigenvalue weighted by Gasteiger charge is -2.23. The summed E-state index contributed by atoms with van der Waals surface area (Å²) in [6.07, 6.45) is 2.70. The largest absolute Gasteiger partial charge is 0.355 e. The molecule has 0 unspecified atom stereocenters. The van der Waals surface area contributed by atoms with Crippen LogP contribution in [0.2, 0.25) is 0 Å². The van der Waals surface area contributed by atoms with E-state index >= 15 is 0 Å². The van der Waals surface area contributed by atoms with Crippen LogP contribution in [0.1, 0.15) is 13.3 Å². The van der Waals surface area contributed by atoms with Crippen molar-refractivity contribution in [2.75, 3.05) is 23.9 Å². The van der Waals surface area contributed by atoms with Gasteiger partial charge in [0.1, 0.15) is 12.1 Å². The lowest BCUT2D eigenvalue weighted by atomic mass is 10.2. The monoisotopic (exact) mass is 249 g/mol. The number of anilines is 1. The van der Waals surface area contributed by atoms with Crippen molar-refractivity contribution < 1.29 is 0 Å². The Balaban J connectivity index is 2.44. The maximum Gasteiger partial charge on any atom is 0.139 e. The molecule has 4 heteroatoms. The molecule has 3 nitrogen and oxygen atoms in total. The minimum atomic E-state index is 0.609. The number of halogens is 1. The Bertz CT molecular complexity index is 476. The van der Waals surface area contributed by atoms with Gasteiger partial charge in [-0.15, -0.1) is 11.6 Å². The molecule has 0 aliphatic carbocycles. The summed E-state index contributed by atoms with van der Waals surface area (Å²) in [7, 11) is 0. The van der Waals surface area contributed by atoms with Crippen LogP contribution in [0, 0.1) is 0 Å². The van der Waals surface area contributed by atoms with E-state index in [4.69, 9.17) is 11.6 Å². The molecule has 1 aromatic heterocycles. The van der Waals surface area contributed by atoms with Crippen LogP contribution in [0.15, 0.2) is 30.6 Å². The second-order valence-electron chi connectivity index (χ2n) is 3.89. The quantitative estimate of drug-likeness (QED) is 0.763. The maximum absolute atomic E-state index is 5.85. The van der Waals surface area contributed by atoms with E-state index in [2.05, 4.69) is 27.9 Å². The molecule has 0 saturated carbocycles. The lowest BCUT2D eigenvalue weighted by molar-refractivity contribution is 0.783. The molecule has 0 saturated heterocycles. The van der Waals surface area contributed by atoms with Gasteiger partial charge in [-0.05, 0) is 18.6 Å². The highest BCUT2D eigenvalue weighted by molar-refractivity contribution is 6.18. The molecule has 0 fully saturated rings. The number of nitrogens with zero attached hydrogens (tertiary/aromatic N) is 3. The second-order valence-corrected chi connectivity index (χ2v) is 4.27. The number of hydrogen-bond donors (Lipinski definition) is 0. The third-order valence-electron chi connectivity index (χ3n) is 2.67. The maximum atomic E-state index is 5.85. The zero-order valence-electron chi connectivity index (χ0n) is 9.93. The molecule has 1 aromatic carbocycles. The molecule has 2 rings (SSSR count). The van der Waals surface area contributed by atoms with E-state index in [0.717, 1.165) is 36.2 Å². The Hall–Kier alpha value is -1.35. The predicted octanol–water partition coefficient (Wildman–Crippen LogP) is 3.09. The summed E-state index contributed by atoms with van der Waals surface area (Å²) in [4.78, 5) is 10.9. The number of alkyl halides is 1. The number of aromatic nitrogens is 2. The molecule has 0 aliphatic heterocycles. The van der Waals surface area contributed by atoms with Gasteiger partial charge in [0.2, 0.25) is 0 Å². The van der Waals surface area contributed by atoms with Crippen LogP contribution < -0.4 is 4.90 Å². The summed E-state index contributed by atoms with van der Waals surface area (Å²) < 4.78 is 0. The van der Waals surface area contributed by atoms with Crippen molar-refractivity contribution in [1.82, 2.24) is 9.97 Å². The summed E-state index contributed by atoms with van der Waals surface area (Å²) in [5.41, 5.74) is 0.980. The van der Waals surface area contributed by atoms with Gasteiger partial charge in [-0.1, -0.05) is 19.1 Å². The zero-order valence-corrected chi connectivity index (χ0v) is 10.7. The third-order valence-corrected chi connectivity index (χ3v) is 2.84. The van der Waals surface area contributed by atoms with Crippen LogP contribution in [0.25, 0.3) is 10.9 Å². The van der Waals surface area contributed by atoms with E-state index < -0.39 is 0 Å². The smallest absolute Gasteiger partial charge is 0.139 e. The fourth-order valence-electron chi connectivity index (χ4n) is 1.94. The van der Waals surface area contributed by atoms with Crippen LogP contribution >= 0.6 is 11.6 Å². The number of fused-ring (bicyclic) bond motifs is 1. The van der Waals surface area contributed by atoms with Gasteiger partial charge in [0.05, 0.1) is 5.52 Å². The average Bonchev–Trinajstić information content (AvgIpc) is 2.38. The fraction of sp³-hybridized carbons (Fsp3) is 0.385.